The number of aliphatic hydroxyl groups excluding tert-OH is 3. The Labute approximate surface area is 72.8 Å². The molecule has 3 atom stereocenters. The summed E-state index contributed by atoms with van der Waals surface area (Å²) in [6.45, 7) is 3.63. The standard InChI is InChI=1S/C8H18O4/c1-3-7(10)6(5-9)8(11)12-4-2/h6-11H,3-5H2,1-2H3. The number of ether oxygens (including phenoxy) is 1. The summed E-state index contributed by atoms with van der Waals surface area (Å²) in [4.78, 5) is 0. The van der Waals surface area contributed by atoms with Gasteiger partial charge >= 0.3 is 0 Å². The molecule has 0 aliphatic carbocycles. The Morgan fingerprint density at radius 3 is 2.17 bits per heavy atom. The quantitative estimate of drug-likeness (QED) is 0.489. The lowest BCUT2D eigenvalue weighted by Crippen LogP contribution is -2.36. The molecule has 0 saturated carbocycles. The molecule has 0 aromatic carbocycles. The molecule has 0 aromatic rings. The summed E-state index contributed by atoms with van der Waals surface area (Å²) in [7, 11) is 0. The van der Waals surface area contributed by atoms with E-state index in [4.69, 9.17) is 9.84 Å². The van der Waals surface area contributed by atoms with E-state index in [-0.39, 0.29) is 6.61 Å². The summed E-state index contributed by atoms with van der Waals surface area (Å²) in [6, 6.07) is 0. The molecule has 4 heteroatoms. The number of rotatable bonds is 6. The van der Waals surface area contributed by atoms with Crippen LogP contribution in [0.3, 0.4) is 0 Å². The lowest BCUT2D eigenvalue weighted by molar-refractivity contribution is -0.165. The zero-order valence-electron chi connectivity index (χ0n) is 7.60. The van der Waals surface area contributed by atoms with Crippen LogP contribution in [0.4, 0.5) is 0 Å². The van der Waals surface area contributed by atoms with Gasteiger partial charge < -0.3 is 20.1 Å². The first-order chi connectivity index (χ1) is 5.67. The summed E-state index contributed by atoms with van der Waals surface area (Å²) >= 11 is 0. The second-order valence-electron chi connectivity index (χ2n) is 2.67. The molecule has 74 valence electrons. The second kappa shape index (κ2) is 6.37. The van der Waals surface area contributed by atoms with Crippen LogP contribution in [0, 0.1) is 5.92 Å². The third-order valence-electron chi connectivity index (χ3n) is 1.83. The Hall–Kier alpha value is -0.160. The highest BCUT2D eigenvalue weighted by molar-refractivity contribution is 4.68. The van der Waals surface area contributed by atoms with Gasteiger partial charge in [-0.2, -0.15) is 0 Å². The molecule has 3 unspecified atom stereocenters. The highest BCUT2D eigenvalue weighted by Crippen LogP contribution is 2.12. The van der Waals surface area contributed by atoms with Crippen LogP contribution < -0.4 is 0 Å². The minimum atomic E-state index is -1.07. The molecule has 0 rings (SSSR count). The minimum Gasteiger partial charge on any atom is -0.396 e. The highest BCUT2D eigenvalue weighted by Gasteiger charge is 2.25. The largest absolute Gasteiger partial charge is 0.396 e. The second-order valence-corrected chi connectivity index (χ2v) is 2.67. The van der Waals surface area contributed by atoms with Crippen LogP contribution in [0.25, 0.3) is 0 Å². The van der Waals surface area contributed by atoms with Crippen molar-refractivity contribution >= 4 is 0 Å². The van der Waals surface area contributed by atoms with Crippen molar-refractivity contribution in [1.82, 2.24) is 0 Å². The van der Waals surface area contributed by atoms with Gasteiger partial charge in [-0.05, 0) is 13.3 Å². The zero-order chi connectivity index (χ0) is 9.56. The Morgan fingerprint density at radius 2 is 1.83 bits per heavy atom. The summed E-state index contributed by atoms with van der Waals surface area (Å²) in [5.41, 5.74) is 0. The Morgan fingerprint density at radius 1 is 1.25 bits per heavy atom. The van der Waals surface area contributed by atoms with Crippen LogP contribution in [0.5, 0.6) is 0 Å². The van der Waals surface area contributed by atoms with Crippen molar-refractivity contribution in [3.05, 3.63) is 0 Å². The monoisotopic (exact) mass is 178 g/mol. The Bertz CT molecular complexity index is 107. The molecule has 12 heavy (non-hydrogen) atoms. The molecule has 0 aliphatic heterocycles. The molecule has 4 nitrogen and oxygen atoms in total. The fourth-order valence-corrected chi connectivity index (χ4v) is 0.999. The van der Waals surface area contributed by atoms with E-state index in [0.717, 1.165) is 0 Å². The third-order valence-corrected chi connectivity index (χ3v) is 1.83. The van der Waals surface area contributed by atoms with Crippen molar-refractivity contribution in [1.29, 1.82) is 0 Å². The first-order valence-electron chi connectivity index (χ1n) is 4.25. The van der Waals surface area contributed by atoms with E-state index in [2.05, 4.69) is 0 Å². The zero-order valence-corrected chi connectivity index (χ0v) is 7.60. The molecule has 0 spiro atoms. The molecule has 0 amide bonds. The van der Waals surface area contributed by atoms with Gasteiger partial charge in [0.25, 0.3) is 0 Å². The van der Waals surface area contributed by atoms with Crippen molar-refractivity contribution in [3.8, 4) is 0 Å². The average molecular weight is 178 g/mol. The average Bonchev–Trinajstić information content (AvgIpc) is 2.06. The summed E-state index contributed by atoms with van der Waals surface area (Å²) < 4.78 is 4.85. The number of aliphatic hydroxyl groups is 3. The van der Waals surface area contributed by atoms with Gasteiger partial charge in [-0.3, -0.25) is 0 Å². The lowest BCUT2D eigenvalue weighted by atomic mass is 10.0. The molecule has 0 bridgehead atoms. The van der Waals surface area contributed by atoms with Crippen molar-refractivity contribution in [2.75, 3.05) is 13.2 Å². The van der Waals surface area contributed by atoms with Gasteiger partial charge in [-0.25, -0.2) is 0 Å². The molecule has 0 heterocycles. The number of hydrogen-bond acceptors (Lipinski definition) is 4. The van der Waals surface area contributed by atoms with Crippen molar-refractivity contribution < 1.29 is 20.1 Å². The smallest absolute Gasteiger partial charge is 0.162 e. The van der Waals surface area contributed by atoms with Crippen LogP contribution in [-0.4, -0.2) is 40.9 Å². The predicted octanol–water partition coefficient (Wildman–Crippen LogP) is -0.279. The van der Waals surface area contributed by atoms with Crippen LogP contribution in [0.15, 0.2) is 0 Å². The highest BCUT2D eigenvalue weighted by atomic mass is 16.6. The third kappa shape index (κ3) is 3.49. The normalized spacial score (nSPS) is 18.8. The van der Waals surface area contributed by atoms with E-state index in [1.807, 2.05) is 0 Å². The molecule has 0 aliphatic rings. The van der Waals surface area contributed by atoms with Gasteiger partial charge in [0.15, 0.2) is 6.29 Å². The fourth-order valence-electron chi connectivity index (χ4n) is 0.999. The van der Waals surface area contributed by atoms with E-state index in [9.17, 15) is 10.2 Å². The van der Waals surface area contributed by atoms with Gasteiger partial charge in [-0.15, -0.1) is 0 Å². The Balaban J connectivity index is 3.94. The van der Waals surface area contributed by atoms with Crippen LogP contribution in [0.2, 0.25) is 0 Å². The maximum atomic E-state index is 9.31. The molecular formula is C8H18O4. The van der Waals surface area contributed by atoms with Gasteiger partial charge in [-0.1, -0.05) is 6.92 Å². The Kier molecular flexibility index (Phi) is 6.28. The van der Waals surface area contributed by atoms with Crippen molar-refractivity contribution in [2.24, 2.45) is 5.92 Å². The first kappa shape index (κ1) is 11.8. The van der Waals surface area contributed by atoms with Crippen LogP contribution >= 0.6 is 0 Å². The van der Waals surface area contributed by atoms with E-state index >= 15 is 0 Å². The summed E-state index contributed by atoms with van der Waals surface area (Å²) in [5.74, 6) is -0.602. The molecule has 3 N–H and O–H groups in total. The molecule has 0 radical (unpaired) electrons. The minimum absolute atomic E-state index is 0.268. The SMILES string of the molecule is CCOC(O)C(CO)C(O)CC. The molecule has 0 aromatic heterocycles. The lowest BCUT2D eigenvalue weighted by Gasteiger charge is -2.24. The summed E-state index contributed by atoms with van der Waals surface area (Å²) in [5, 5.41) is 27.4. The maximum Gasteiger partial charge on any atom is 0.162 e. The molecule has 0 fully saturated rings. The van der Waals surface area contributed by atoms with Gasteiger partial charge in [0.2, 0.25) is 0 Å². The van der Waals surface area contributed by atoms with E-state index in [1.165, 1.54) is 0 Å². The summed E-state index contributed by atoms with van der Waals surface area (Å²) in [6.07, 6.45) is -1.29. The van der Waals surface area contributed by atoms with Gasteiger partial charge in [0.1, 0.15) is 0 Å². The predicted molar refractivity (Wildman–Crippen MR) is 44.5 cm³/mol. The fraction of sp³-hybridized carbons (Fsp3) is 1.00. The van der Waals surface area contributed by atoms with Gasteiger partial charge in [0.05, 0.1) is 18.6 Å². The van der Waals surface area contributed by atoms with E-state index < -0.39 is 18.3 Å². The maximum absolute atomic E-state index is 9.31. The topological polar surface area (TPSA) is 69.9 Å². The van der Waals surface area contributed by atoms with E-state index in [1.54, 1.807) is 13.8 Å². The molecular weight excluding hydrogens is 160 g/mol. The first-order valence-corrected chi connectivity index (χ1v) is 4.25. The van der Waals surface area contributed by atoms with Crippen molar-refractivity contribution in [3.63, 3.8) is 0 Å². The number of hydrogen-bond donors (Lipinski definition) is 3. The van der Waals surface area contributed by atoms with Crippen LogP contribution in [-0.2, 0) is 4.74 Å². The molecule has 0 saturated heterocycles. The van der Waals surface area contributed by atoms with Crippen LogP contribution in [0.1, 0.15) is 20.3 Å². The van der Waals surface area contributed by atoms with Gasteiger partial charge in [0, 0.05) is 6.61 Å². The van der Waals surface area contributed by atoms with E-state index in [0.29, 0.717) is 13.0 Å². The van der Waals surface area contributed by atoms with Crippen molar-refractivity contribution in [2.45, 2.75) is 32.7 Å².